The van der Waals surface area contributed by atoms with Crippen LogP contribution in [0.3, 0.4) is 0 Å². The molecule has 1 fully saturated rings. The molecule has 2 rings (SSSR count). The van der Waals surface area contributed by atoms with Gasteiger partial charge in [-0.25, -0.2) is 0 Å². The van der Waals surface area contributed by atoms with Crippen LogP contribution in [0.15, 0.2) is 53.6 Å². The number of hydrogen-bond acceptors (Lipinski definition) is 18. The Morgan fingerprint density at radius 1 is 0.762 bits per heavy atom. The lowest BCUT2D eigenvalue weighted by Crippen LogP contribution is -2.60. The number of unbranched alkanes of at least 4 members (excludes halogenated alkanes) is 2. The first-order valence-electron chi connectivity index (χ1n) is 29.0. The molecule has 2 aliphatic rings. The van der Waals surface area contributed by atoms with Crippen molar-refractivity contribution in [3.8, 4) is 0 Å². The average molecular weight is 1140 g/mol. The smallest absolute Gasteiger partial charge is 0.317 e. The van der Waals surface area contributed by atoms with E-state index in [1.54, 1.807) is 59.9 Å². The van der Waals surface area contributed by atoms with Gasteiger partial charge in [-0.3, -0.25) is 19.4 Å². The minimum absolute atomic E-state index is 0.0716. The van der Waals surface area contributed by atoms with Gasteiger partial charge < -0.3 is 86.5 Å². The molecule has 2 bridgehead atoms. The molecule has 0 saturated carbocycles. The Hall–Kier alpha value is -3.84. The highest BCUT2D eigenvalue weighted by atomic mass is 16.7. The Bertz CT molecular complexity index is 1960. The van der Waals surface area contributed by atoms with Gasteiger partial charge in [-0.2, -0.15) is 0 Å². The zero-order valence-electron chi connectivity index (χ0n) is 48.9. The summed E-state index contributed by atoms with van der Waals surface area (Å²) in [6.07, 6.45) is -0.165. The maximum Gasteiger partial charge on any atom is 0.317 e. The molecule has 2 aliphatic heterocycles. The molecule has 0 aliphatic carbocycles. The topological polar surface area (TPSA) is 372 Å². The summed E-state index contributed by atoms with van der Waals surface area (Å²) in [6.45, 7) is 14.8. The van der Waals surface area contributed by atoms with E-state index in [0.29, 0.717) is 5.96 Å². The van der Waals surface area contributed by atoms with Gasteiger partial charge in [-0.15, -0.1) is 0 Å². The van der Waals surface area contributed by atoms with Gasteiger partial charge in [0.1, 0.15) is 24.7 Å². The van der Waals surface area contributed by atoms with E-state index >= 15 is 0 Å². The SMILES string of the molecule is CN=C(N)NCCC/C=C/CCCC(C)CC(C)C1OC(=O)C(C)C(O)C=CC(C)C(O)CC(O)C(C)C(O)CCC(C)C(O)CC2(O)OC(CC(OC(=O)CC(=O)O)CC(O)CC(O)C(C)C(O)C=CC=CC1C)CC(O)C2O. The third-order valence-electron chi connectivity index (χ3n) is 16.2. The lowest BCUT2D eigenvalue weighted by molar-refractivity contribution is -0.333. The Morgan fingerprint density at radius 2 is 1.40 bits per heavy atom. The molecule has 80 heavy (non-hydrogen) atoms. The van der Waals surface area contributed by atoms with Crippen molar-refractivity contribution in [3.05, 3.63) is 48.6 Å². The number of esters is 2. The van der Waals surface area contributed by atoms with Crippen LogP contribution in [0.1, 0.15) is 152 Å². The number of aliphatic hydroxyl groups is 11. The highest BCUT2D eigenvalue weighted by Gasteiger charge is 2.50. The van der Waals surface area contributed by atoms with E-state index in [1.807, 2.05) is 19.9 Å². The fourth-order valence-electron chi connectivity index (χ4n) is 10.3. The van der Waals surface area contributed by atoms with Gasteiger partial charge in [0.2, 0.25) is 0 Å². The first-order valence-corrected chi connectivity index (χ1v) is 29.0. The zero-order valence-corrected chi connectivity index (χ0v) is 48.9. The number of nitrogens with one attached hydrogen (secondary N) is 1. The fourth-order valence-corrected chi connectivity index (χ4v) is 10.3. The van der Waals surface area contributed by atoms with Gasteiger partial charge in [-0.05, 0) is 76.0 Å². The second-order valence-corrected chi connectivity index (χ2v) is 23.4. The molecule has 15 N–H and O–H groups in total. The third-order valence-corrected chi connectivity index (χ3v) is 16.2. The molecule has 1 saturated heterocycles. The Morgan fingerprint density at radius 3 is 2.05 bits per heavy atom. The summed E-state index contributed by atoms with van der Waals surface area (Å²) in [5.74, 6) is -9.43. The van der Waals surface area contributed by atoms with Crippen LogP contribution in [0, 0.1) is 47.3 Å². The molecule has 462 valence electrons. The maximum absolute atomic E-state index is 13.8. The molecule has 0 amide bonds. The van der Waals surface area contributed by atoms with Gasteiger partial charge in [0.15, 0.2) is 11.7 Å². The lowest BCUT2D eigenvalue weighted by atomic mass is 9.83. The summed E-state index contributed by atoms with van der Waals surface area (Å²) in [7, 11) is 1.63. The quantitative estimate of drug-likeness (QED) is 0.0296. The van der Waals surface area contributed by atoms with Crippen molar-refractivity contribution in [1.29, 1.82) is 0 Å². The summed E-state index contributed by atoms with van der Waals surface area (Å²) >= 11 is 0. The van der Waals surface area contributed by atoms with E-state index < -0.39 is 145 Å². The second kappa shape index (κ2) is 36.7. The molecular formula is C59H103N3O18. The number of cyclic esters (lactones) is 1. The lowest BCUT2D eigenvalue weighted by Gasteiger charge is -2.45. The number of nitrogens with zero attached hydrogens (tertiary/aromatic N) is 1. The molecule has 21 nitrogen and oxygen atoms in total. The van der Waals surface area contributed by atoms with E-state index in [4.69, 9.17) is 19.9 Å². The summed E-state index contributed by atoms with van der Waals surface area (Å²) in [6, 6.07) is 0. The first-order chi connectivity index (χ1) is 37.5. The Balaban J connectivity index is 2.43. The monoisotopic (exact) mass is 1140 g/mol. The highest BCUT2D eigenvalue weighted by Crippen LogP contribution is 2.36. The minimum Gasteiger partial charge on any atom is -0.481 e. The van der Waals surface area contributed by atoms with Crippen LogP contribution < -0.4 is 11.1 Å². The number of aliphatic hydroxyl groups excluding tert-OH is 10. The van der Waals surface area contributed by atoms with Crippen LogP contribution in [-0.4, -0.2) is 184 Å². The van der Waals surface area contributed by atoms with Crippen LogP contribution in [0.4, 0.5) is 0 Å². The number of nitrogens with two attached hydrogens (primary N) is 1. The summed E-state index contributed by atoms with van der Waals surface area (Å²) in [5.41, 5.74) is 5.68. The van der Waals surface area contributed by atoms with Gasteiger partial charge in [-0.1, -0.05) is 103 Å². The number of hydrogen-bond donors (Lipinski definition) is 14. The molecule has 0 aromatic carbocycles. The van der Waals surface area contributed by atoms with E-state index in [9.17, 15) is 75.7 Å². The molecule has 2 heterocycles. The van der Waals surface area contributed by atoms with Crippen molar-refractivity contribution in [3.63, 3.8) is 0 Å². The molecular weight excluding hydrogens is 1040 g/mol. The molecule has 0 radical (unpaired) electrons. The van der Waals surface area contributed by atoms with Crippen LogP contribution in [0.5, 0.6) is 0 Å². The van der Waals surface area contributed by atoms with Crippen LogP contribution in [-0.2, 0) is 28.6 Å². The van der Waals surface area contributed by atoms with Gasteiger partial charge in [0, 0.05) is 69.4 Å². The second-order valence-electron chi connectivity index (χ2n) is 23.4. The van der Waals surface area contributed by atoms with Crippen molar-refractivity contribution in [2.24, 2.45) is 58.1 Å². The number of allylic oxidation sites excluding steroid dienone is 4. The third kappa shape index (κ3) is 26.2. The zero-order chi connectivity index (χ0) is 60.4. The first kappa shape index (κ1) is 72.3. The molecule has 0 spiro atoms. The molecule has 0 aromatic heterocycles. The number of carboxylic acids is 1. The summed E-state index contributed by atoms with van der Waals surface area (Å²) in [4.78, 5) is 41.7. The summed E-state index contributed by atoms with van der Waals surface area (Å²) in [5, 5.41) is 135. The highest BCUT2D eigenvalue weighted by molar-refractivity contribution is 5.90. The van der Waals surface area contributed by atoms with E-state index in [-0.39, 0.29) is 62.7 Å². The number of carbonyl (C=O) groups excluding carboxylic acids is 2. The fraction of sp³-hybridized carbons (Fsp3) is 0.797. The van der Waals surface area contributed by atoms with Crippen molar-refractivity contribution in [2.45, 2.75) is 237 Å². The summed E-state index contributed by atoms with van der Waals surface area (Å²) < 4.78 is 17.5. The van der Waals surface area contributed by atoms with Crippen LogP contribution >= 0.6 is 0 Å². The standard InChI is InChI=1S/C59H103N3O18/c1-34(18-14-12-10-11-13-17-25-62-58(60)61-9)26-38(5)55-37(4)19-15-16-20-45(64)39(6)49(68)28-42(63)27-43(78-54(74)32-53(72)73)29-44-30-51(70)56(75)59(77,80-44)33-52(71)36(3)22-23-46(65)40(7)50(69)31-48(67)35(2)21-24-47(66)41(8)57(76)79-55/h10-11,15-16,19-21,24,34-52,55-56,63-71,75,77H,12-14,17-18,22-23,25-33H2,1-9H3,(H,72,73)(H3,60,61,62)/b11-10+,19-15?,20-16?,24-21?. The molecule has 21 heteroatoms. The maximum atomic E-state index is 13.8. The van der Waals surface area contributed by atoms with Crippen molar-refractivity contribution in [2.75, 3.05) is 13.6 Å². The number of fused-ring (bicyclic) bond motifs is 2. The van der Waals surface area contributed by atoms with E-state index in [1.165, 1.54) is 12.2 Å². The number of rotatable bonds is 14. The number of carbonyl (C=O) groups is 3. The van der Waals surface area contributed by atoms with Gasteiger partial charge in [0.25, 0.3) is 0 Å². The van der Waals surface area contributed by atoms with Crippen LogP contribution in [0.2, 0.25) is 0 Å². The number of aliphatic carboxylic acids is 1. The average Bonchev–Trinajstić information content (AvgIpc) is 3.38. The van der Waals surface area contributed by atoms with Gasteiger partial charge >= 0.3 is 17.9 Å². The number of ether oxygens (including phenoxy) is 3. The van der Waals surface area contributed by atoms with E-state index in [2.05, 4.69) is 29.4 Å². The minimum atomic E-state index is -2.54. The normalized spacial score (nSPS) is 37.7. The Kier molecular flexibility index (Phi) is 33.1. The predicted molar refractivity (Wildman–Crippen MR) is 302 cm³/mol. The molecule has 22 atom stereocenters. The van der Waals surface area contributed by atoms with Crippen molar-refractivity contribution in [1.82, 2.24) is 5.32 Å². The number of carboxylic acid groups (broad SMARTS) is 1. The number of guanidine groups is 1. The van der Waals surface area contributed by atoms with Gasteiger partial charge in [0.05, 0.1) is 67.0 Å². The predicted octanol–water partition coefficient (Wildman–Crippen LogP) is 3.30. The largest absolute Gasteiger partial charge is 0.481 e. The van der Waals surface area contributed by atoms with Crippen LogP contribution in [0.25, 0.3) is 0 Å². The molecule has 22 unspecified atom stereocenters. The Labute approximate surface area is 474 Å². The number of aliphatic imine (C=N–C) groups is 1. The van der Waals surface area contributed by atoms with Crippen molar-refractivity contribution >= 4 is 23.9 Å². The van der Waals surface area contributed by atoms with Crippen molar-refractivity contribution < 1.29 is 89.9 Å². The molecule has 0 aromatic rings. The van der Waals surface area contributed by atoms with E-state index in [0.717, 1.165) is 45.1 Å².